The maximum Gasteiger partial charge on any atom is 0.183 e. The minimum Gasteiger partial charge on any atom is -0.314 e. The Kier molecular flexibility index (Phi) is 3.21. The quantitative estimate of drug-likeness (QED) is 0.826. The van der Waals surface area contributed by atoms with Crippen molar-refractivity contribution in [3.05, 3.63) is 16.4 Å². The molecule has 1 aromatic heterocycles. The number of carbonyl (C=O) groups is 1. The molecule has 0 saturated heterocycles. The summed E-state index contributed by atoms with van der Waals surface area (Å²) in [4.78, 5) is 11.8. The SMILES string of the molecule is Cn1ncc(Br)c1C(=O)CCNC1CC1. The molecule has 0 radical (unpaired) electrons. The Bertz CT molecular complexity index is 351. The van der Waals surface area contributed by atoms with Crippen molar-refractivity contribution in [3.63, 3.8) is 0 Å². The first-order valence-corrected chi connectivity index (χ1v) is 5.92. The minimum atomic E-state index is 0.134. The first-order valence-electron chi connectivity index (χ1n) is 5.12. The van der Waals surface area contributed by atoms with E-state index in [1.54, 1.807) is 17.9 Å². The average Bonchev–Trinajstić information content (AvgIpc) is 2.93. The molecule has 1 fully saturated rings. The Balaban J connectivity index is 1.88. The summed E-state index contributed by atoms with van der Waals surface area (Å²) >= 11 is 3.33. The van der Waals surface area contributed by atoms with Crippen LogP contribution in [0.15, 0.2) is 10.7 Å². The van der Waals surface area contributed by atoms with Crippen molar-refractivity contribution in [2.24, 2.45) is 7.05 Å². The van der Waals surface area contributed by atoms with Crippen LogP contribution in [0.25, 0.3) is 0 Å². The summed E-state index contributed by atoms with van der Waals surface area (Å²) in [6.45, 7) is 0.765. The van der Waals surface area contributed by atoms with Crippen molar-refractivity contribution in [3.8, 4) is 0 Å². The van der Waals surface area contributed by atoms with Crippen LogP contribution < -0.4 is 5.32 Å². The van der Waals surface area contributed by atoms with Gasteiger partial charge in [-0.2, -0.15) is 5.10 Å². The third kappa shape index (κ3) is 2.66. The summed E-state index contributed by atoms with van der Waals surface area (Å²) in [6.07, 6.45) is 4.70. The molecule has 0 bridgehead atoms. The monoisotopic (exact) mass is 271 g/mol. The molecule has 0 aliphatic heterocycles. The van der Waals surface area contributed by atoms with Gasteiger partial charge in [-0.15, -0.1) is 0 Å². The van der Waals surface area contributed by atoms with Gasteiger partial charge in [0.25, 0.3) is 0 Å². The van der Waals surface area contributed by atoms with Gasteiger partial charge in [0.15, 0.2) is 5.78 Å². The molecular formula is C10H14BrN3O. The Morgan fingerprint density at radius 2 is 2.47 bits per heavy atom. The van der Waals surface area contributed by atoms with Crippen LogP contribution in [0.2, 0.25) is 0 Å². The van der Waals surface area contributed by atoms with Gasteiger partial charge in [0.05, 0.1) is 10.7 Å². The van der Waals surface area contributed by atoms with Gasteiger partial charge in [0, 0.05) is 26.1 Å². The Hall–Kier alpha value is -0.680. The van der Waals surface area contributed by atoms with E-state index in [1.165, 1.54) is 12.8 Å². The van der Waals surface area contributed by atoms with E-state index < -0.39 is 0 Å². The third-order valence-electron chi connectivity index (χ3n) is 2.52. The fourth-order valence-corrected chi connectivity index (χ4v) is 2.09. The van der Waals surface area contributed by atoms with Gasteiger partial charge in [0.1, 0.15) is 5.69 Å². The lowest BCUT2D eigenvalue weighted by Gasteiger charge is -2.03. The molecule has 1 N–H and O–H groups in total. The molecule has 1 saturated carbocycles. The zero-order valence-electron chi connectivity index (χ0n) is 8.66. The Morgan fingerprint density at radius 1 is 1.73 bits per heavy atom. The molecule has 1 aliphatic rings. The van der Waals surface area contributed by atoms with Crippen LogP contribution in [0.3, 0.4) is 0 Å². The van der Waals surface area contributed by atoms with Gasteiger partial charge >= 0.3 is 0 Å². The highest BCUT2D eigenvalue weighted by Gasteiger charge is 2.21. The molecule has 0 unspecified atom stereocenters. The van der Waals surface area contributed by atoms with Crippen LogP contribution in [-0.4, -0.2) is 28.2 Å². The fraction of sp³-hybridized carbons (Fsp3) is 0.600. The van der Waals surface area contributed by atoms with Crippen molar-refractivity contribution in [1.82, 2.24) is 15.1 Å². The number of aryl methyl sites for hydroxylation is 1. The normalized spacial score (nSPS) is 15.6. The summed E-state index contributed by atoms with van der Waals surface area (Å²) in [5.41, 5.74) is 0.660. The number of rotatable bonds is 5. The zero-order chi connectivity index (χ0) is 10.8. The molecule has 1 heterocycles. The second-order valence-electron chi connectivity index (χ2n) is 3.87. The molecule has 0 amide bonds. The van der Waals surface area contributed by atoms with Crippen LogP contribution >= 0.6 is 15.9 Å². The van der Waals surface area contributed by atoms with Crippen LogP contribution in [0.4, 0.5) is 0 Å². The molecule has 0 spiro atoms. The van der Waals surface area contributed by atoms with E-state index >= 15 is 0 Å². The zero-order valence-corrected chi connectivity index (χ0v) is 10.2. The minimum absolute atomic E-state index is 0.134. The van der Waals surface area contributed by atoms with Crippen LogP contribution in [0.1, 0.15) is 29.8 Å². The molecule has 2 rings (SSSR count). The summed E-state index contributed by atoms with van der Waals surface area (Å²) < 4.78 is 2.39. The lowest BCUT2D eigenvalue weighted by Crippen LogP contribution is -2.21. The van der Waals surface area contributed by atoms with Crippen molar-refractivity contribution in [2.75, 3.05) is 6.54 Å². The van der Waals surface area contributed by atoms with E-state index in [4.69, 9.17) is 0 Å². The van der Waals surface area contributed by atoms with Gasteiger partial charge in [0.2, 0.25) is 0 Å². The summed E-state index contributed by atoms with van der Waals surface area (Å²) in [6, 6.07) is 0.660. The number of halogens is 1. The van der Waals surface area contributed by atoms with Gasteiger partial charge in [-0.05, 0) is 28.8 Å². The van der Waals surface area contributed by atoms with E-state index in [1.807, 2.05) is 0 Å². The lowest BCUT2D eigenvalue weighted by atomic mass is 10.2. The highest BCUT2D eigenvalue weighted by atomic mass is 79.9. The molecule has 0 aromatic carbocycles. The number of aromatic nitrogens is 2. The van der Waals surface area contributed by atoms with E-state index in [0.717, 1.165) is 11.0 Å². The van der Waals surface area contributed by atoms with Gasteiger partial charge in [-0.25, -0.2) is 0 Å². The largest absolute Gasteiger partial charge is 0.314 e. The van der Waals surface area contributed by atoms with Gasteiger partial charge in [-0.1, -0.05) is 0 Å². The molecular weight excluding hydrogens is 258 g/mol. The van der Waals surface area contributed by atoms with Crippen molar-refractivity contribution < 1.29 is 4.79 Å². The van der Waals surface area contributed by atoms with Crippen molar-refractivity contribution in [2.45, 2.75) is 25.3 Å². The number of hydrogen-bond donors (Lipinski definition) is 1. The molecule has 5 heteroatoms. The average molecular weight is 272 g/mol. The van der Waals surface area contributed by atoms with E-state index in [-0.39, 0.29) is 5.78 Å². The van der Waals surface area contributed by atoms with Crippen LogP contribution in [-0.2, 0) is 7.05 Å². The number of ketones is 1. The number of nitrogens with one attached hydrogen (secondary N) is 1. The van der Waals surface area contributed by atoms with E-state index in [9.17, 15) is 4.79 Å². The number of carbonyl (C=O) groups excluding carboxylic acids is 1. The topological polar surface area (TPSA) is 46.9 Å². The molecule has 0 atom stereocenters. The highest BCUT2D eigenvalue weighted by Crippen LogP contribution is 2.19. The Morgan fingerprint density at radius 3 is 3.00 bits per heavy atom. The van der Waals surface area contributed by atoms with Gasteiger partial charge in [-0.3, -0.25) is 9.48 Å². The molecule has 82 valence electrons. The molecule has 1 aromatic rings. The fourth-order valence-electron chi connectivity index (χ4n) is 1.52. The van der Waals surface area contributed by atoms with Crippen molar-refractivity contribution in [1.29, 1.82) is 0 Å². The lowest BCUT2D eigenvalue weighted by molar-refractivity contribution is 0.0972. The number of nitrogens with zero attached hydrogens (tertiary/aromatic N) is 2. The van der Waals surface area contributed by atoms with E-state index in [0.29, 0.717) is 18.2 Å². The van der Waals surface area contributed by atoms with Gasteiger partial charge < -0.3 is 5.32 Å². The first kappa shape index (κ1) is 10.8. The summed E-state index contributed by atoms with van der Waals surface area (Å²) in [7, 11) is 1.78. The predicted molar refractivity (Wildman–Crippen MR) is 60.9 cm³/mol. The smallest absolute Gasteiger partial charge is 0.183 e. The maximum absolute atomic E-state index is 11.8. The molecule has 4 nitrogen and oxygen atoms in total. The van der Waals surface area contributed by atoms with Crippen molar-refractivity contribution >= 4 is 21.7 Å². The van der Waals surface area contributed by atoms with Crippen LogP contribution in [0, 0.1) is 0 Å². The molecule has 1 aliphatic carbocycles. The second-order valence-corrected chi connectivity index (χ2v) is 4.72. The summed E-state index contributed by atoms with van der Waals surface area (Å²) in [5.74, 6) is 0.134. The third-order valence-corrected chi connectivity index (χ3v) is 3.10. The maximum atomic E-state index is 11.8. The standard InChI is InChI=1S/C10H14BrN3O/c1-14-10(8(11)6-13-14)9(15)4-5-12-7-2-3-7/h6-7,12H,2-5H2,1H3. The second kappa shape index (κ2) is 4.45. The number of Topliss-reactive ketones (excluding diaryl/α,β-unsaturated/α-hetero) is 1. The molecule has 15 heavy (non-hydrogen) atoms. The predicted octanol–water partition coefficient (Wildman–Crippen LogP) is 1.51. The summed E-state index contributed by atoms with van der Waals surface area (Å²) in [5, 5.41) is 7.34. The van der Waals surface area contributed by atoms with E-state index in [2.05, 4.69) is 26.3 Å². The highest BCUT2D eigenvalue weighted by molar-refractivity contribution is 9.10. The Labute approximate surface area is 97.2 Å². The first-order chi connectivity index (χ1) is 7.18. The van der Waals surface area contributed by atoms with Crippen LogP contribution in [0.5, 0.6) is 0 Å². The number of hydrogen-bond acceptors (Lipinski definition) is 3.